The summed E-state index contributed by atoms with van der Waals surface area (Å²) < 4.78 is 11.0. The lowest BCUT2D eigenvalue weighted by Gasteiger charge is -2.30. The van der Waals surface area contributed by atoms with Gasteiger partial charge in [0, 0.05) is 26.7 Å². The predicted octanol–water partition coefficient (Wildman–Crippen LogP) is 0.441. The van der Waals surface area contributed by atoms with Crippen LogP contribution in [-0.4, -0.2) is 64.4 Å². The van der Waals surface area contributed by atoms with Gasteiger partial charge in [-0.1, -0.05) is 0 Å². The van der Waals surface area contributed by atoms with Crippen LogP contribution in [0.25, 0.3) is 0 Å². The third kappa shape index (κ3) is 3.58. The Morgan fingerprint density at radius 3 is 3.00 bits per heavy atom. The summed E-state index contributed by atoms with van der Waals surface area (Å²) in [7, 11) is 5.19. The van der Waals surface area contributed by atoms with E-state index in [-0.39, 0.29) is 12.0 Å². The lowest BCUT2D eigenvalue weighted by molar-refractivity contribution is -0.0117. The van der Waals surface area contributed by atoms with Crippen molar-refractivity contribution in [1.82, 2.24) is 10.2 Å². The zero-order chi connectivity index (χ0) is 15.4. The number of likely N-dealkylation sites (N-methyl/N-ethyl adjacent to an activating group) is 1. The number of thiophene rings is 1. The molecule has 1 atom stereocenters. The zero-order valence-electron chi connectivity index (χ0n) is 12.6. The summed E-state index contributed by atoms with van der Waals surface area (Å²) in [6, 6.07) is 0. The minimum absolute atomic E-state index is 0.111. The molecule has 0 saturated carbocycles. The molecule has 1 aromatic heterocycles. The fraction of sp³-hybridized carbons (Fsp3) is 0.615. The molecule has 0 radical (unpaired) electrons. The average Bonchev–Trinajstić information content (AvgIpc) is 2.80. The molecule has 0 bridgehead atoms. The normalized spacial score (nSPS) is 19.3. The highest BCUT2D eigenvalue weighted by Crippen LogP contribution is 2.42. The first-order valence-corrected chi connectivity index (χ1v) is 7.60. The number of hydrogen-bond acceptors (Lipinski definition) is 7. The molecular formula is C13H22N4O3S. The van der Waals surface area contributed by atoms with E-state index in [4.69, 9.17) is 15.2 Å². The van der Waals surface area contributed by atoms with Gasteiger partial charge in [0.05, 0.1) is 19.8 Å². The molecular weight excluding hydrogens is 292 g/mol. The molecule has 1 unspecified atom stereocenters. The average molecular weight is 314 g/mol. The van der Waals surface area contributed by atoms with Crippen LogP contribution in [0.3, 0.4) is 0 Å². The van der Waals surface area contributed by atoms with Crippen LogP contribution >= 0.6 is 11.3 Å². The van der Waals surface area contributed by atoms with Gasteiger partial charge >= 0.3 is 0 Å². The van der Waals surface area contributed by atoms with Crippen molar-refractivity contribution in [1.29, 1.82) is 0 Å². The van der Waals surface area contributed by atoms with Crippen LogP contribution in [0.15, 0.2) is 0 Å². The molecule has 0 aromatic carbocycles. The molecule has 4 N–H and O–H groups in total. The molecule has 1 saturated heterocycles. The topological polar surface area (TPSA) is 88.9 Å². The number of rotatable bonds is 5. The maximum atomic E-state index is 11.8. The molecule has 1 fully saturated rings. The summed E-state index contributed by atoms with van der Waals surface area (Å²) in [4.78, 5) is 14.5. The van der Waals surface area contributed by atoms with E-state index in [2.05, 4.69) is 22.6 Å². The number of nitrogens with two attached hydrogens (primary N) is 1. The standard InChI is InChI=1S/C13H22N4O3S/c1-15-12(18)11-9(14)10(19-3)13(21-11)16-6-8-7-17(2)4-5-20-8/h8,16H,4-7,14H2,1-3H3,(H,15,18). The molecule has 1 aliphatic rings. The summed E-state index contributed by atoms with van der Waals surface area (Å²) in [6.07, 6.45) is 0.111. The second-order valence-electron chi connectivity index (χ2n) is 4.92. The minimum Gasteiger partial charge on any atom is -0.492 e. The molecule has 7 nitrogen and oxygen atoms in total. The number of amides is 1. The number of ether oxygens (including phenoxy) is 2. The van der Waals surface area contributed by atoms with Crippen molar-refractivity contribution in [3.8, 4) is 5.75 Å². The lowest BCUT2D eigenvalue weighted by Crippen LogP contribution is -2.43. The zero-order valence-corrected chi connectivity index (χ0v) is 13.4. The van der Waals surface area contributed by atoms with Crippen LogP contribution in [0.1, 0.15) is 9.67 Å². The van der Waals surface area contributed by atoms with Crippen LogP contribution in [-0.2, 0) is 4.74 Å². The van der Waals surface area contributed by atoms with E-state index in [9.17, 15) is 4.79 Å². The number of nitrogens with zero attached hydrogens (tertiary/aromatic N) is 1. The van der Waals surface area contributed by atoms with Crippen LogP contribution in [0.4, 0.5) is 10.7 Å². The first-order chi connectivity index (χ1) is 10.1. The molecule has 1 aliphatic heterocycles. The van der Waals surface area contributed by atoms with Crippen molar-refractivity contribution in [2.45, 2.75) is 6.10 Å². The summed E-state index contributed by atoms with van der Waals surface area (Å²) in [5.41, 5.74) is 6.33. The van der Waals surface area contributed by atoms with Gasteiger partial charge in [-0.3, -0.25) is 4.79 Å². The highest BCUT2D eigenvalue weighted by Gasteiger charge is 2.23. The Bertz CT molecular complexity index is 506. The van der Waals surface area contributed by atoms with E-state index in [1.54, 1.807) is 14.2 Å². The Labute approximate surface area is 128 Å². The lowest BCUT2D eigenvalue weighted by atomic mass is 10.3. The Hall–Kier alpha value is -1.51. The van der Waals surface area contributed by atoms with Gasteiger partial charge < -0.3 is 30.7 Å². The maximum absolute atomic E-state index is 11.8. The molecule has 2 heterocycles. The number of carbonyl (C=O) groups is 1. The van der Waals surface area contributed by atoms with Crippen LogP contribution in [0, 0.1) is 0 Å². The van der Waals surface area contributed by atoms with Crippen LogP contribution in [0.5, 0.6) is 5.75 Å². The first kappa shape index (κ1) is 15.9. The quantitative estimate of drug-likeness (QED) is 0.731. The van der Waals surface area contributed by atoms with Gasteiger partial charge in [0.2, 0.25) is 0 Å². The second-order valence-corrected chi connectivity index (χ2v) is 5.94. The number of methoxy groups -OCH3 is 1. The minimum atomic E-state index is -0.211. The Morgan fingerprint density at radius 1 is 1.62 bits per heavy atom. The molecule has 21 heavy (non-hydrogen) atoms. The number of nitrogens with one attached hydrogen (secondary N) is 2. The number of morpholine rings is 1. The molecule has 2 rings (SSSR count). The fourth-order valence-electron chi connectivity index (χ4n) is 2.23. The van der Waals surface area contributed by atoms with Crippen molar-refractivity contribution in [2.75, 3.05) is 58.5 Å². The third-order valence-electron chi connectivity index (χ3n) is 3.37. The molecule has 1 amide bonds. The predicted molar refractivity (Wildman–Crippen MR) is 84.4 cm³/mol. The highest BCUT2D eigenvalue weighted by atomic mass is 32.1. The SMILES string of the molecule is CNC(=O)c1sc(NCC2CN(C)CCO2)c(OC)c1N. The summed E-state index contributed by atoms with van der Waals surface area (Å²) in [6.45, 7) is 3.20. The van der Waals surface area contributed by atoms with Crippen molar-refractivity contribution in [3.05, 3.63) is 4.88 Å². The summed E-state index contributed by atoms with van der Waals surface area (Å²) in [5.74, 6) is 0.306. The Balaban J connectivity index is 2.07. The van der Waals surface area contributed by atoms with Gasteiger partial charge in [-0.25, -0.2) is 0 Å². The van der Waals surface area contributed by atoms with Gasteiger partial charge in [-0.15, -0.1) is 11.3 Å². The number of hydrogen-bond donors (Lipinski definition) is 3. The maximum Gasteiger partial charge on any atom is 0.263 e. The fourth-order valence-corrected chi connectivity index (χ4v) is 3.27. The molecule has 0 aliphatic carbocycles. The van der Waals surface area contributed by atoms with Gasteiger partial charge in [0.1, 0.15) is 15.6 Å². The Kier molecular flexibility index (Phi) is 5.27. The van der Waals surface area contributed by atoms with Crippen molar-refractivity contribution in [3.63, 3.8) is 0 Å². The summed E-state index contributed by atoms with van der Waals surface area (Å²) in [5, 5.41) is 6.61. The van der Waals surface area contributed by atoms with Crippen molar-refractivity contribution >= 4 is 27.9 Å². The number of nitrogen functional groups attached to an aromatic ring is 1. The van der Waals surface area contributed by atoms with Gasteiger partial charge in [-0.2, -0.15) is 0 Å². The van der Waals surface area contributed by atoms with Gasteiger partial charge in [0.25, 0.3) is 5.91 Å². The van der Waals surface area contributed by atoms with E-state index >= 15 is 0 Å². The molecule has 1 aromatic rings. The molecule has 8 heteroatoms. The number of anilines is 2. The third-order valence-corrected chi connectivity index (χ3v) is 4.51. The van der Waals surface area contributed by atoms with E-state index in [0.717, 1.165) is 24.7 Å². The molecule has 118 valence electrons. The van der Waals surface area contributed by atoms with Crippen molar-refractivity contribution < 1.29 is 14.3 Å². The first-order valence-electron chi connectivity index (χ1n) is 6.79. The van der Waals surface area contributed by atoms with E-state index in [0.29, 0.717) is 22.9 Å². The van der Waals surface area contributed by atoms with Crippen LogP contribution < -0.4 is 21.1 Å². The largest absolute Gasteiger partial charge is 0.492 e. The van der Waals surface area contributed by atoms with Crippen LogP contribution in [0.2, 0.25) is 0 Å². The molecule has 0 spiro atoms. The van der Waals surface area contributed by atoms with Gasteiger partial charge in [-0.05, 0) is 7.05 Å². The number of carbonyl (C=O) groups excluding carboxylic acids is 1. The highest BCUT2D eigenvalue weighted by molar-refractivity contribution is 7.19. The smallest absolute Gasteiger partial charge is 0.263 e. The second kappa shape index (κ2) is 6.97. The van der Waals surface area contributed by atoms with E-state index in [1.807, 2.05) is 0 Å². The van der Waals surface area contributed by atoms with Gasteiger partial charge in [0.15, 0.2) is 5.75 Å². The van der Waals surface area contributed by atoms with E-state index in [1.165, 1.54) is 11.3 Å². The summed E-state index contributed by atoms with van der Waals surface area (Å²) >= 11 is 1.29. The Morgan fingerprint density at radius 2 is 2.38 bits per heavy atom. The van der Waals surface area contributed by atoms with Crippen molar-refractivity contribution in [2.24, 2.45) is 0 Å². The van der Waals surface area contributed by atoms with E-state index < -0.39 is 0 Å². The monoisotopic (exact) mass is 314 g/mol.